The number of fused-ring (bicyclic) bond motifs is 1. The van der Waals surface area contributed by atoms with E-state index in [1.54, 1.807) is 13.4 Å². The van der Waals surface area contributed by atoms with Gasteiger partial charge in [-0.3, -0.25) is 0 Å². The SMILES string of the molecule is COc1cccc2c(N3CCC4(CN(C[S-](=N)=O)C4)C3)ncnc12. The zero-order chi connectivity index (χ0) is 16.7. The number of aromatic nitrogens is 2. The Morgan fingerprint density at radius 1 is 1.33 bits per heavy atom. The van der Waals surface area contributed by atoms with E-state index in [0.717, 1.165) is 55.1 Å². The van der Waals surface area contributed by atoms with Crippen LogP contribution in [-0.2, 0) is 14.8 Å². The van der Waals surface area contributed by atoms with E-state index in [1.165, 1.54) is 0 Å². The van der Waals surface area contributed by atoms with Crippen LogP contribution in [0.25, 0.3) is 10.9 Å². The second-order valence-corrected chi connectivity index (χ2v) is 7.64. The quantitative estimate of drug-likeness (QED) is 0.851. The number of anilines is 1. The molecule has 0 unspecified atom stereocenters. The van der Waals surface area contributed by atoms with Crippen LogP contribution in [0.15, 0.2) is 24.5 Å². The number of ether oxygens (including phenoxy) is 1. The van der Waals surface area contributed by atoms with E-state index >= 15 is 0 Å². The van der Waals surface area contributed by atoms with Crippen molar-refractivity contribution in [2.24, 2.45) is 5.41 Å². The standard InChI is InChI=1S/C16H20N5O2S/c1-23-13-4-2-3-12-14(13)18-10-19-15(12)21-6-5-16(9-21)7-20(8-16)11-24(17)22/h2-4,10,17H,5-9,11H2,1H3/q-1. The Bertz CT molecular complexity index is 839. The monoisotopic (exact) mass is 346 g/mol. The van der Waals surface area contributed by atoms with E-state index in [2.05, 4.69) is 19.8 Å². The minimum absolute atomic E-state index is 0.246. The van der Waals surface area contributed by atoms with Crippen LogP contribution in [0.1, 0.15) is 6.42 Å². The van der Waals surface area contributed by atoms with Crippen molar-refractivity contribution in [1.29, 1.82) is 4.78 Å². The van der Waals surface area contributed by atoms with Gasteiger partial charge in [0.05, 0.1) is 7.11 Å². The van der Waals surface area contributed by atoms with Gasteiger partial charge in [0.25, 0.3) is 0 Å². The summed E-state index contributed by atoms with van der Waals surface area (Å²) in [6, 6.07) is 5.92. The minimum Gasteiger partial charge on any atom is -0.494 e. The maximum Gasteiger partial charge on any atom is 0.145 e. The van der Waals surface area contributed by atoms with E-state index in [9.17, 15) is 4.21 Å². The molecule has 0 atom stereocenters. The van der Waals surface area contributed by atoms with E-state index in [-0.39, 0.29) is 5.41 Å². The van der Waals surface area contributed by atoms with Crippen LogP contribution in [0.5, 0.6) is 5.75 Å². The Hall–Kier alpha value is -1.93. The van der Waals surface area contributed by atoms with Crippen molar-refractivity contribution in [3.05, 3.63) is 24.5 Å². The molecule has 2 fully saturated rings. The average molecular weight is 346 g/mol. The fourth-order valence-corrected chi connectivity index (χ4v) is 4.51. The summed E-state index contributed by atoms with van der Waals surface area (Å²) in [6.07, 6.45) is 2.70. The molecule has 2 aromatic rings. The summed E-state index contributed by atoms with van der Waals surface area (Å²) < 4.78 is 23.6. The van der Waals surface area contributed by atoms with Crippen LogP contribution in [0, 0.1) is 10.2 Å². The molecule has 2 aliphatic heterocycles. The summed E-state index contributed by atoms with van der Waals surface area (Å²) in [5, 5.41) is 1.01. The Morgan fingerprint density at radius 2 is 2.17 bits per heavy atom. The largest absolute Gasteiger partial charge is 0.494 e. The Labute approximate surface area is 142 Å². The number of hydrogen-bond donors (Lipinski definition) is 1. The summed E-state index contributed by atoms with van der Waals surface area (Å²) in [4.78, 5) is 13.3. The van der Waals surface area contributed by atoms with Gasteiger partial charge in [0.2, 0.25) is 0 Å². The molecule has 1 spiro atoms. The highest BCUT2D eigenvalue weighted by Gasteiger charge is 2.47. The lowest BCUT2D eigenvalue weighted by atomic mass is 9.79. The normalized spacial score (nSPS) is 20.0. The summed E-state index contributed by atoms with van der Waals surface area (Å²) in [7, 11) is 0.153. The lowest BCUT2D eigenvalue weighted by Crippen LogP contribution is -2.57. The third-order valence-corrected chi connectivity index (χ3v) is 5.58. The minimum atomic E-state index is -1.50. The molecule has 1 N–H and O–H groups in total. The first-order chi connectivity index (χ1) is 11.6. The van der Waals surface area contributed by atoms with Crippen LogP contribution in [0.3, 0.4) is 0 Å². The molecule has 0 radical (unpaired) electrons. The number of likely N-dealkylation sites (tertiary alicyclic amines) is 1. The predicted octanol–water partition coefficient (Wildman–Crippen LogP) is 1.83. The van der Waals surface area contributed by atoms with Crippen molar-refractivity contribution in [2.75, 3.05) is 44.1 Å². The molecule has 7 nitrogen and oxygen atoms in total. The van der Waals surface area contributed by atoms with E-state index in [4.69, 9.17) is 9.52 Å². The van der Waals surface area contributed by atoms with Gasteiger partial charge in [0.1, 0.15) is 23.4 Å². The molecule has 1 aromatic heterocycles. The van der Waals surface area contributed by atoms with Gasteiger partial charge < -0.3 is 23.5 Å². The molecular weight excluding hydrogens is 326 g/mol. The van der Waals surface area contributed by atoms with Gasteiger partial charge in [0, 0.05) is 37.0 Å². The zero-order valence-corrected chi connectivity index (χ0v) is 14.4. The molecule has 0 aliphatic carbocycles. The molecule has 128 valence electrons. The third-order valence-electron chi connectivity index (χ3n) is 4.98. The highest BCUT2D eigenvalue weighted by atomic mass is 32.2. The zero-order valence-electron chi connectivity index (χ0n) is 13.6. The van der Waals surface area contributed by atoms with Gasteiger partial charge in [-0.1, -0.05) is 6.07 Å². The molecule has 24 heavy (non-hydrogen) atoms. The van der Waals surface area contributed by atoms with E-state index < -0.39 is 10.6 Å². The van der Waals surface area contributed by atoms with Gasteiger partial charge in [0.15, 0.2) is 0 Å². The lowest BCUT2D eigenvalue weighted by molar-refractivity contribution is 0.0356. The number of benzene rings is 1. The van der Waals surface area contributed by atoms with Gasteiger partial charge in [-0.25, -0.2) is 9.97 Å². The van der Waals surface area contributed by atoms with Crippen molar-refractivity contribution in [3.8, 4) is 5.75 Å². The first-order valence-electron chi connectivity index (χ1n) is 7.95. The van der Waals surface area contributed by atoms with Crippen LogP contribution in [0.4, 0.5) is 5.82 Å². The lowest BCUT2D eigenvalue weighted by Gasteiger charge is -2.49. The van der Waals surface area contributed by atoms with Crippen LogP contribution >= 0.6 is 0 Å². The average Bonchev–Trinajstić information content (AvgIpc) is 2.98. The first kappa shape index (κ1) is 15.6. The fraction of sp³-hybridized carbons (Fsp3) is 0.500. The highest BCUT2D eigenvalue weighted by Crippen LogP contribution is 2.42. The first-order valence-corrected chi connectivity index (χ1v) is 9.27. The summed E-state index contributed by atoms with van der Waals surface area (Å²) in [5.74, 6) is 2.08. The summed E-state index contributed by atoms with van der Waals surface area (Å²) in [6.45, 7) is 3.74. The number of para-hydroxylation sites is 1. The third kappa shape index (κ3) is 2.59. The Kier molecular flexibility index (Phi) is 3.80. The number of nitrogens with zero attached hydrogens (tertiary/aromatic N) is 4. The summed E-state index contributed by atoms with van der Waals surface area (Å²) >= 11 is 0. The Balaban J connectivity index is 1.57. The molecule has 2 saturated heterocycles. The van der Waals surface area contributed by atoms with Gasteiger partial charge in [-0.05, 0) is 24.4 Å². The van der Waals surface area contributed by atoms with Crippen LogP contribution in [0.2, 0.25) is 0 Å². The number of hydrogen-bond acceptors (Lipinski definition) is 8. The number of rotatable bonds is 4. The van der Waals surface area contributed by atoms with Crippen molar-refractivity contribution >= 4 is 27.3 Å². The summed E-state index contributed by atoms with van der Waals surface area (Å²) in [5.41, 5.74) is 1.08. The molecule has 1 aromatic carbocycles. The van der Waals surface area contributed by atoms with Gasteiger partial charge in [-0.2, -0.15) is 10.6 Å². The fourth-order valence-electron chi connectivity index (χ4n) is 4.00. The van der Waals surface area contributed by atoms with Crippen molar-refractivity contribution in [3.63, 3.8) is 0 Å². The van der Waals surface area contributed by atoms with Crippen LogP contribution in [-0.4, -0.2) is 54.0 Å². The van der Waals surface area contributed by atoms with Crippen LogP contribution < -0.4 is 9.64 Å². The second-order valence-electron chi connectivity index (χ2n) is 6.69. The number of methoxy groups -OCH3 is 1. The number of nitrogens with one attached hydrogen (secondary N) is 1. The molecule has 8 heteroatoms. The van der Waals surface area contributed by atoms with Crippen molar-refractivity contribution < 1.29 is 8.95 Å². The predicted molar refractivity (Wildman–Crippen MR) is 92.6 cm³/mol. The topological polar surface area (TPSA) is 82.4 Å². The smallest absolute Gasteiger partial charge is 0.145 e. The maximum absolute atomic E-state index is 11.0. The molecule has 0 amide bonds. The molecule has 2 aliphatic rings. The van der Waals surface area contributed by atoms with Gasteiger partial charge in [-0.15, -0.1) is 0 Å². The molecule has 0 bridgehead atoms. The second kappa shape index (κ2) is 5.86. The maximum atomic E-state index is 11.0. The van der Waals surface area contributed by atoms with Gasteiger partial charge >= 0.3 is 0 Å². The molecular formula is C16H20N5O2S-. The van der Waals surface area contributed by atoms with E-state index in [1.807, 2.05) is 18.2 Å². The van der Waals surface area contributed by atoms with Crippen molar-refractivity contribution in [2.45, 2.75) is 6.42 Å². The molecule has 3 heterocycles. The van der Waals surface area contributed by atoms with Crippen molar-refractivity contribution in [1.82, 2.24) is 14.9 Å². The Morgan fingerprint density at radius 3 is 2.92 bits per heavy atom. The highest BCUT2D eigenvalue weighted by molar-refractivity contribution is 7.73. The molecule has 0 saturated carbocycles. The molecule has 4 rings (SSSR count). The van der Waals surface area contributed by atoms with E-state index in [0.29, 0.717) is 5.88 Å².